The molecule has 2 heterocycles. The zero-order valence-corrected chi connectivity index (χ0v) is 19.8. The maximum absolute atomic E-state index is 13.2. The molecule has 9 heteroatoms. The van der Waals surface area contributed by atoms with Crippen molar-refractivity contribution in [2.24, 2.45) is 0 Å². The van der Waals surface area contributed by atoms with Crippen LogP contribution in [0.2, 0.25) is 10.0 Å². The van der Waals surface area contributed by atoms with Crippen LogP contribution in [0, 0.1) is 0 Å². The molecule has 0 radical (unpaired) electrons. The van der Waals surface area contributed by atoms with Gasteiger partial charge in [0.15, 0.2) is 5.75 Å². The molecular formula is C25H20Cl2N2O5. The molecule has 4 rings (SSSR count). The zero-order chi connectivity index (χ0) is 24.4. The Kier molecular flexibility index (Phi) is 6.77. The number of hydrogen-bond acceptors (Lipinski definition) is 6. The molecule has 1 fully saturated rings. The van der Waals surface area contributed by atoms with E-state index in [4.69, 9.17) is 32.7 Å². The number of anilines is 1. The minimum absolute atomic E-state index is 0.107. The van der Waals surface area contributed by atoms with Crippen LogP contribution in [0.4, 0.5) is 5.69 Å². The van der Waals surface area contributed by atoms with Crippen molar-refractivity contribution in [3.05, 3.63) is 87.7 Å². The lowest BCUT2D eigenvalue weighted by Gasteiger charge is -2.25. The first-order chi connectivity index (χ1) is 16.4. The molecule has 174 valence electrons. The molecule has 2 aromatic carbocycles. The first kappa shape index (κ1) is 23.6. The predicted octanol–water partition coefficient (Wildman–Crippen LogP) is 5.42. The summed E-state index contributed by atoms with van der Waals surface area (Å²) in [5.41, 5.74) is 1.07. The Morgan fingerprint density at radius 2 is 1.79 bits per heavy atom. The second-order valence-electron chi connectivity index (χ2n) is 7.36. The van der Waals surface area contributed by atoms with E-state index in [1.54, 1.807) is 48.8 Å². The fourth-order valence-electron chi connectivity index (χ4n) is 3.87. The van der Waals surface area contributed by atoms with Crippen LogP contribution < -0.4 is 14.4 Å². The fraction of sp³-hybridized carbons (Fsp3) is 0.160. The maximum Gasteiger partial charge on any atom is 0.300 e. The van der Waals surface area contributed by atoms with Gasteiger partial charge in [0.05, 0.1) is 35.4 Å². The third-order valence-corrected chi connectivity index (χ3v) is 5.91. The van der Waals surface area contributed by atoms with Gasteiger partial charge in [-0.15, -0.1) is 0 Å². The standard InChI is InChI=1S/C25H20Cl2N2O5/c1-3-34-17-8-6-16(7-9-17)29-21(14-5-4-10-28-13-14)20(23(31)25(29)32)22(30)15-11-18(26)24(33-2)19(27)12-15/h4-13,21,30H,3H2,1-2H3/b22-20+. The maximum atomic E-state index is 13.2. The molecule has 0 bridgehead atoms. The largest absolute Gasteiger partial charge is 0.507 e. The molecule has 1 aliphatic heterocycles. The first-order valence-electron chi connectivity index (χ1n) is 10.3. The summed E-state index contributed by atoms with van der Waals surface area (Å²) >= 11 is 12.5. The van der Waals surface area contributed by atoms with Gasteiger partial charge in [-0.25, -0.2) is 0 Å². The third-order valence-electron chi connectivity index (χ3n) is 5.35. The number of carbonyl (C=O) groups excluding carboxylic acids is 2. The lowest BCUT2D eigenvalue weighted by Crippen LogP contribution is -2.29. The summed E-state index contributed by atoms with van der Waals surface area (Å²) in [7, 11) is 1.41. The Morgan fingerprint density at radius 1 is 1.12 bits per heavy atom. The van der Waals surface area contributed by atoms with E-state index in [-0.39, 0.29) is 26.9 Å². The van der Waals surface area contributed by atoms with E-state index in [0.29, 0.717) is 23.6 Å². The highest BCUT2D eigenvalue weighted by Crippen LogP contribution is 2.43. The number of ketones is 1. The summed E-state index contributed by atoms with van der Waals surface area (Å²) in [6, 6.07) is 12.1. The van der Waals surface area contributed by atoms with E-state index in [2.05, 4.69) is 4.98 Å². The second kappa shape index (κ2) is 9.75. The molecule has 1 aliphatic rings. The topological polar surface area (TPSA) is 89.0 Å². The number of carbonyl (C=O) groups is 2. The smallest absolute Gasteiger partial charge is 0.300 e. The van der Waals surface area contributed by atoms with E-state index < -0.39 is 23.5 Å². The number of benzene rings is 2. The van der Waals surface area contributed by atoms with E-state index in [1.165, 1.54) is 24.1 Å². The number of halogens is 2. The molecule has 1 unspecified atom stereocenters. The second-order valence-corrected chi connectivity index (χ2v) is 8.17. The molecule has 0 saturated carbocycles. The van der Waals surface area contributed by atoms with Crippen LogP contribution in [-0.4, -0.2) is 35.5 Å². The number of rotatable bonds is 6. The number of aliphatic hydroxyl groups excluding tert-OH is 1. The minimum Gasteiger partial charge on any atom is -0.507 e. The molecule has 1 amide bonds. The number of aliphatic hydroxyl groups is 1. The Bertz CT molecular complexity index is 1250. The van der Waals surface area contributed by atoms with Crippen molar-refractivity contribution in [3.8, 4) is 11.5 Å². The number of aromatic nitrogens is 1. The Balaban J connectivity index is 1.90. The van der Waals surface area contributed by atoms with Crippen molar-refractivity contribution in [2.45, 2.75) is 13.0 Å². The average molecular weight is 499 g/mol. The number of amides is 1. The van der Waals surface area contributed by atoms with Gasteiger partial charge in [-0.1, -0.05) is 29.3 Å². The number of methoxy groups -OCH3 is 1. The van der Waals surface area contributed by atoms with E-state index in [9.17, 15) is 14.7 Å². The van der Waals surface area contributed by atoms with Crippen molar-refractivity contribution in [2.75, 3.05) is 18.6 Å². The highest BCUT2D eigenvalue weighted by atomic mass is 35.5. The molecule has 1 N–H and O–H groups in total. The van der Waals surface area contributed by atoms with Gasteiger partial charge in [0.2, 0.25) is 0 Å². The van der Waals surface area contributed by atoms with Gasteiger partial charge < -0.3 is 14.6 Å². The quantitative estimate of drug-likeness (QED) is 0.277. The van der Waals surface area contributed by atoms with Crippen LogP contribution in [0.15, 0.2) is 66.5 Å². The molecule has 1 aromatic heterocycles. The number of nitrogens with zero attached hydrogens (tertiary/aromatic N) is 2. The van der Waals surface area contributed by atoms with Crippen LogP contribution in [-0.2, 0) is 9.59 Å². The zero-order valence-electron chi connectivity index (χ0n) is 18.3. The third kappa shape index (κ3) is 4.20. The molecule has 7 nitrogen and oxygen atoms in total. The van der Waals surface area contributed by atoms with Crippen molar-refractivity contribution >= 4 is 46.3 Å². The number of hydrogen-bond donors (Lipinski definition) is 1. The van der Waals surface area contributed by atoms with Crippen molar-refractivity contribution < 1.29 is 24.2 Å². The van der Waals surface area contributed by atoms with E-state index in [1.807, 2.05) is 6.92 Å². The van der Waals surface area contributed by atoms with E-state index >= 15 is 0 Å². The van der Waals surface area contributed by atoms with Crippen LogP contribution >= 0.6 is 23.2 Å². The SMILES string of the molecule is CCOc1ccc(N2C(=O)C(=O)/C(=C(/O)c3cc(Cl)c(OC)c(Cl)c3)C2c2cccnc2)cc1. The molecule has 0 aliphatic carbocycles. The van der Waals surface area contributed by atoms with Gasteiger partial charge in [-0.05, 0) is 55.0 Å². The van der Waals surface area contributed by atoms with Crippen LogP contribution in [0.5, 0.6) is 11.5 Å². The molecule has 1 saturated heterocycles. The molecule has 0 spiro atoms. The van der Waals surface area contributed by atoms with Crippen LogP contribution in [0.1, 0.15) is 24.1 Å². The minimum atomic E-state index is -0.925. The molecule has 34 heavy (non-hydrogen) atoms. The van der Waals surface area contributed by atoms with Gasteiger partial charge in [0.1, 0.15) is 11.5 Å². The van der Waals surface area contributed by atoms with Crippen molar-refractivity contribution in [1.29, 1.82) is 0 Å². The molecular weight excluding hydrogens is 479 g/mol. The lowest BCUT2D eigenvalue weighted by molar-refractivity contribution is -0.132. The predicted molar refractivity (Wildman–Crippen MR) is 130 cm³/mol. The monoisotopic (exact) mass is 498 g/mol. The summed E-state index contributed by atoms with van der Waals surface area (Å²) in [5, 5.41) is 11.5. The summed E-state index contributed by atoms with van der Waals surface area (Å²) in [4.78, 5) is 31.9. The van der Waals surface area contributed by atoms with Gasteiger partial charge in [-0.3, -0.25) is 19.5 Å². The molecule has 3 aromatic rings. The summed E-state index contributed by atoms with van der Waals surface area (Å²) in [5.74, 6) is -1.18. The Morgan fingerprint density at radius 3 is 2.35 bits per heavy atom. The van der Waals surface area contributed by atoms with Gasteiger partial charge in [0.25, 0.3) is 11.7 Å². The fourth-order valence-corrected chi connectivity index (χ4v) is 4.51. The van der Waals surface area contributed by atoms with Crippen LogP contribution in [0.3, 0.4) is 0 Å². The van der Waals surface area contributed by atoms with Gasteiger partial charge in [0, 0.05) is 23.6 Å². The van der Waals surface area contributed by atoms with Crippen molar-refractivity contribution in [1.82, 2.24) is 4.98 Å². The number of Topliss-reactive ketones (excluding diaryl/α,β-unsaturated/α-hetero) is 1. The highest BCUT2D eigenvalue weighted by Gasteiger charge is 2.47. The van der Waals surface area contributed by atoms with Crippen molar-refractivity contribution in [3.63, 3.8) is 0 Å². The summed E-state index contributed by atoms with van der Waals surface area (Å²) in [6.07, 6.45) is 3.12. The highest BCUT2D eigenvalue weighted by molar-refractivity contribution is 6.51. The van der Waals surface area contributed by atoms with E-state index in [0.717, 1.165) is 0 Å². The Labute approximate surface area is 206 Å². The first-order valence-corrected chi connectivity index (χ1v) is 11.1. The number of ether oxygens (including phenoxy) is 2. The normalized spacial score (nSPS) is 17.2. The summed E-state index contributed by atoms with van der Waals surface area (Å²) in [6.45, 7) is 2.36. The molecule has 1 atom stereocenters. The number of pyridine rings is 1. The average Bonchev–Trinajstić information content (AvgIpc) is 3.10. The van der Waals surface area contributed by atoms with Gasteiger partial charge in [-0.2, -0.15) is 0 Å². The summed E-state index contributed by atoms with van der Waals surface area (Å²) < 4.78 is 10.6. The van der Waals surface area contributed by atoms with Gasteiger partial charge >= 0.3 is 0 Å². The lowest BCUT2D eigenvalue weighted by atomic mass is 9.96. The van der Waals surface area contributed by atoms with Crippen LogP contribution in [0.25, 0.3) is 5.76 Å². The Hall–Kier alpha value is -3.55.